The van der Waals surface area contributed by atoms with Gasteiger partial charge in [-0.05, 0) is 19.4 Å². The largest absolute Gasteiger partial charge is 0.468 e. The van der Waals surface area contributed by atoms with Crippen LogP contribution in [-0.2, 0) is 9.53 Å². The Morgan fingerprint density at radius 2 is 1.63 bits per heavy atom. The predicted octanol–water partition coefficient (Wildman–Crippen LogP) is 2.55. The van der Waals surface area contributed by atoms with Gasteiger partial charge in [0.25, 0.3) is 0 Å². The van der Waals surface area contributed by atoms with Crippen LogP contribution in [0.25, 0.3) is 0 Å². The molecule has 0 unspecified atom stereocenters. The van der Waals surface area contributed by atoms with Gasteiger partial charge >= 0.3 is 5.97 Å². The molecule has 0 aliphatic heterocycles. The van der Waals surface area contributed by atoms with Crippen molar-refractivity contribution in [3.8, 4) is 0 Å². The Morgan fingerprint density at radius 1 is 1.05 bits per heavy atom. The molecule has 0 aromatic carbocycles. The topological polar surface area (TPSA) is 50.4 Å². The number of methoxy groups -OCH3 is 1. The van der Waals surface area contributed by atoms with Crippen LogP contribution in [0.3, 0.4) is 0 Å². The summed E-state index contributed by atoms with van der Waals surface area (Å²) in [6, 6.07) is -0.136. The lowest BCUT2D eigenvalue weighted by atomic mass is 10.1. The monoisotopic (exact) mass is 304 g/mol. The quantitative estimate of drug-likeness (QED) is 0.390. The second-order valence-electron chi connectivity index (χ2n) is 7.14. The van der Waals surface area contributed by atoms with Crippen molar-refractivity contribution in [2.24, 2.45) is 0 Å². The summed E-state index contributed by atoms with van der Waals surface area (Å²) in [5.74, 6) is -0.124. The van der Waals surface area contributed by atoms with Crippen LogP contribution in [-0.4, -0.2) is 42.1 Å². The van der Waals surface area contributed by atoms with Gasteiger partial charge < -0.3 is 14.7 Å². The summed E-state index contributed by atoms with van der Waals surface area (Å²) in [6.45, 7) is 14.6. The predicted molar refractivity (Wildman–Crippen MR) is 87.5 cm³/mol. The van der Waals surface area contributed by atoms with Gasteiger partial charge in [-0.3, -0.25) is 4.79 Å². The van der Waals surface area contributed by atoms with E-state index >= 15 is 0 Å². The summed E-state index contributed by atoms with van der Waals surface area (Å²) in [5, 5.41) is 0. The van der Waals surface area contributed by atoms with Crippen LogP contribution in [0.5, 0.6) is 0 Å². The number of hydrogen-bond donors (Lipinski definition) is 2. The van der Waals surface area contributed by atoms with Crippen LogP contribution in [0.2, 0.25) is 39.3 Å². The van der Waals surface area contributed by atoms with Gasteiger partial charge in [-0.15, -0.1) is 0 Å². The molecule has 6 heteroatoms. The van der Waals surface area contributed by atoms with E-state index in [0.29, 0.717) is 0 Å². The average molecular weight is 305 g/mol. The first kappa shape index (κ1) is 18.8. The zero-order chi connectivity index (χ0) is 15.1. The molecule has 0 aromatic rings. The van der Waals surface area contributed by atoms with Crippen LogP contribution in [0.1, 0.15) is 19.3 Å². The normalized spacial score (nSPS) is 14.3. The fourth-order valence-electron chi connectivity index (χ4n) is 1.85. The molecule has 0 aliphatic rings. The SMILES string of the molecule is COC(=O)[C@@H](CCCCN[Si](C)(C)C)N[Si](C)(C)C. The van der Waals surface area contributed by atoms with E-state index in [1.165, 1.54) is 7.11 Å². The van der Waals surface area contributed by atoms with E-state index in [2.05, 4.69) is 49.2 Å². The second kappa shape index (κ2) is 8.19. The van der Waals surface area contributed by atoms with Crippen molar-refractivity contribution in [2.45, 2.75) is 64.6 Å². The summed E-state index contributed by atoms with van der Waals surface area (Å²) in [6.07, 6.45) is 3.03. The first-order chi connectivity index (χ1) is 8.55. The van der Waals surface area contributed by atoms with Crippen molar-refractivity contribution in [1.29, 1.82) is 0 Å². The minimum absolute atomic E-state index is 0.124. The summed E-state index contributed by atoms with van der Waals surface area (Å²) >= 11 is 0. The molecular formula is C13H32N2O2Si2. The molecule has 0 amide bonds. The van der Waals surface area contributed by atoms with Crippen molar-refractivity contribution in [2.75, 3.05) is 13.7 Å². The van der Waals surface area contributed by atoms with Gasteiger partial charge in [-0.1, -0.05) is 45.7 Å². The van der Waals surface area contributed by atoms with Crippen LogP contribution < -0.4 is 9.96 Å². The van der Waals surface area contributed by atoms with Crippen LogP contribution in [0, 0.1) is 0 Å². The molecule has 1 atom stereocenters. The van der Waals surface area contributed by atoms with Gasteiger partial charge in [0.05, 0.1) is 13.2 Å². The molecule has 2 N–H and O–H groups in total. The number of carbonyl (C=O) groups excluding carboxylic acids is 1. The molecule has 0 heterocycles. The van der Waals surface area contributed by atoms with Crippen molar-refractivity contribution < 1.29 is 9.53 Å². The molecule has 4 nitrogen and oxygen atoms in total. The van der Waals surface area contributed by atoms with Crippen molar-refractivity contribution in [1.82, 2.24) is 9.96 Å². The van der Waals surface area contributed by atoms with E-state index in [0.717, 1.165) is 25.8 Å². The molecule has 0 aliphatic carbocycles. The Hall–Kier alpha value is -0.176. The molecule has 0 saturated carbocycles. The van der Waals surface area contributed by atoms with Crippen LogP contribution in [0.15, 0.2) is 0 Å². The van der Waals surface area contributed by atoms with Gasteiger partial charge in [0.1, 0.15) is 16.5 Å². The smallest absolute Gasteiger partial charge is 0.322 e. The molecule has 114 valence electrons. The molecular weight excluding hydrogens is 272 g/mol. The van der Waals surface area contributed by atoms with E-state index in [-0.39, 0.29) is 12.0 Å². The molecule has 19 heavy (non-hydrogen) atoms. The number of unbranched alkanes of at least 4 members (excludes halogenated alkanes) is 1. The number of ether oxygens (including phenoxy) is 1. The second-order valence-corrected chi connectivity index (χ2v) is 16.8. The zero-order valence-electron chi connectivity index (χ0n) is 13.7. The summed E-state index contributed by atoms with van der Waals surface area (Å²) in [5.41, 5.74) is 0. The minimum Gasteiger partial charge on any atom is -0.468 e. The maximum absolute atomic E-state index is 11.7. The number of hydrogen-bond acceptors (Lipinski definition) is 4. The molecule has 0 radical (unpaired) electrons. The average Bonchev–Trinajstić information content (AvgIpc) is 2.22. The highest BCUT2D eigenvalue weighted by Gasteiger charge is 2.25. The standard InChI is InChI=1S/C13H32N2O2Si2/c1-17-13(16)12(15-19(5,6)7)10-8-9-11-14-18(2,3)4/h12,14-15H,8-11H2,1-7H3/t12-/m1/s1. The van der Waals surface area contributed by atoms with Crippen LogP contribution in [0.4, 0.5) is 0 Å². The van der Waals surface area contributed by atoms with Gasteiger partial charge in [0.2, 0.25) is 0 Å². The number of nitrogens with one attached hydrogen (secondary N) is 2. The third-order valence-corrected chi connectivity index (χ3v) is 5.19. The Kier molecular flexibility index (Phi) is 8.11. The maximum atomic E-state index is 11.7. The summed E-state index contributed by atoms with van der Waals surface area (Å²) in [7, 11) is -1.14. The molecule has 0 rings (SSSR count). The number of rotatable bonds is 9. The third kappa shape index (κ3) is 11.4. The lowest BCUT2D eigenvalue weighted by molar-refractivity contribution is -0.142. The van der Waals surface area contributed by atoms with E-state index in [9.17, 15) is 4.79 Å². The van der Waals surface area contributed by atoms with E-state index in [1.54, 1.807) is 0 Å². The summed E-state index contributed by atoms with van der Waals surface area (Å²) < 4.78 is 4.88. The van der Waals surface area contributed by atoms with E-state index < -0.39 is 16.5 Å². The van der Waals surface area contributed by atoms with Crippen molar-refractivity contribution in [3.05, 3.63) is 0 Å². The van der Waals surface area contributed by atoms with Gasteiger partial charge in [0, 0.05) is 0 Å². The molecule has 0 bridgehead atoms. The number of carbonyl (C=O) groups is 1. The Labute approximate surface area is 120 Å². The molecule has 0 spiro atoms. The van der Waals surface area contributed by atoms with Gasteiger partial charge in [-0.2, -0.15) is 0 Å². The third-order valence-electron chi connectivity index (χ3n) is 2.67. The number of esters is 1. The van der Waals surface area contributed by atoms with Crippen molar-refractivity contribution in [3.63, 3.8) is 0 Å². The highest BCUT2D eigenvalue weighted by atomic mass is 28.3. The van der Waals surface area contributed by atoms with Crippen molar-refractivity contribution >= 4 is 22.4 Å². The highest BCUT2D eigenvalue weighted by molar-refractivity contribution is 6.74. The fraction of sp³-hybridized carbons (Fsp3) is 0.923. The lowest BCUT2D eigenvalue weighted by Crippen LogP contribution is -2.51. The Balaban J connectivity index is 4.04. The van der Waals surface area contributed by atoms with Crippen LogP contribution >= 0.6 is 0 Å². The first-order valence-corrected chi connectivity index (χ1v) is 14.2. The molecule has 0 fully saturated rings. The lowest BCUT2D eigenvalue weighted by Gasteiger charge is -2.25. The Morgan fingerprint density at radius 3 is 2.05 bits per heavy atom. The molecule has 0 aromatic heterocycles. The van der Waals surface area contributed by atoms with E-state index in [4.69, 9.17) is 4.74 Å². The Bertz CT molecular complexity index is 273. The van der Waals surface area contributed by atoms with Gasteiger partial charge in [-0.25, -0.2) is 0 Å². The zero-order valence-corrected chi connectivity index (χ0v) is 15.7. The summed E-state index contributed by atoms with van der Waals surface area (Å²) in [4.78, 5) is 18.8. The van der Waals surface area contributed by atoms with E-state index in [1.807, 2.05) is 0 Å². The molecule has 0 saturated heterocycles. The fourth-order valence-corrected chi connectivity index (χ4v) is 4.09. The maximum Gasteiger partial charge on any atom is 0.322 e. The highest BCUT2D eigenvalue weighted by Crippen LogP contribution is 2.07. The van der Waals surface area contributed by atoms with Gasteiger partial charge in [0.15, 0.2) is 0 Å². The first-order valence-electron chi connectivity index (χ1n) is 7.16. The minimum atomic E-state index is -1.46.